The summed E-state index contributed by atoms with van der Waals surface area (Å²) < 4.78 is 30.9. The Bertz CT molecular complexity index is 345. The normalized spacial score (nSPS) is 11.6. The van der Waals surface area contributed by atoms with Crippen LogP contribution in [0.25, 0.3) is 0 Å². The van der Waals surface area contributed by atoms with Crippen molar-refractivity contribution < 1.29 is 13.5 Å². The van der Waals surface area contributed by atoms with Crippen LogP contribution in [0.4, 0.5) is 8.78 Å². The van der Waals surface area contributed by atoms with Gasteiger partial charge in [-0.15, -0.1) is 0 Å². The molecule has 0 spiro atoms. The number of benzene rings is 1. The van der Waals surface area contributed by atoms with Crippen LogP contribution in [0.1, 0.15) is 19.4 Å². The van der Waals surface area contributed by atoms with Gasteiger partial charge in [-0.2, -0.15) is 4.39 Å². The van der Waals surface area contributed by atoms with Crippen LogP contribution in [-0.2, 0) is 0 Å². The zero-order valence-electron chi connectivity index (χ0n) is 8.20. The van der Waals surface area contributed by atoms with Gasteiger partial charge in [-0.25, -0.2) is 4.39 Å². The van der Waals surface area contributed by atoms with Gasteiger partial charge in [-0.3, -0.25) is 0 Å². The lowest BCUT2D eigenvalue weighted by molar-refractivity contribution is 0.210. The van der Waals surface area contributed by atoms with E-state index in [0.717, 1.165) is 6.07 Å². The van der Waals surface area contributed by atoms with Crippen LogP contribution in [-0.4, -0.2) is 3.61 Å². The van der Waals surface area contributed by atoms with Crippen molar-refractivity contribution in [1.82, 2.24) is 0 Å². The van der Waals surface area contributed by atoms with Crippen LogP contribution in [0.5, 0.6) is 5.75 Å². The fraction of sp³-hybridized carbons (Fsp3) is 0.400. The molecule has 0 amide bonds. The highest BCUT2D eigenvalue weighted by Crippen LogP contribution is 2.30. The summed E-state index contributed by atoms with van der Waals surface area (Å²) in [5, 5.41) is 0. The molecule has 0 N–H and O–H groups in total. The van der Waals surface area contributed by atoms with E-state index in [1.54, 1.807) is 20.8 Å². The van der Waals surface area contributed by atoms with Gasteiger partial charge >= 0.3 is 0 Å². The van der Waals surface area contributed by atoms with Gasteiger partial charge in [0.25, 0.3) is 0 Å². The molecule has 0 aromatic heterocycles. The van der Waals surface area contributed by atoms with Crippen LogP contribution in [0.15, 0.2) is 12.1 Å². The van der Waals surface area contributed by atoms with Gasteiger partial charge in [0.15, 0.2) is 15.2 Å². The van der Waals surface area contributed by atoms with E-state index in [0.29, 0.717) is 5.56 Å². The Morgan fingerprint density at radius 2 is 1.86 bits per heavy atom. The quantitative estimate of drug-likeness (QED) is 0.596. The van der Waals surface area contributed by atoms with Gasteiger partial charge in [-0.05, 0) is 55.0 Å². The van der Waals surface area contributed by atoms with E-state index < -0.39 is 15.2 Å². The van der Waals surface area contributed by atoms with Crippen molar-refractivity contribution in [2.75, 3.05) is 0 Å². The fourth-order valence-electron chi connectivity index (χ4n) is 0.997. The molecule has 1 nitrogen and oxygen atoms in total. The zero-order valence-corrected chi connectivity index (χ0v) is 10.4. The Morgan fingerprint density at radius 3 is 2.36 bits per heavy atom. The van der Waals surface area contributed by atoms with E-state index in [1.165, 1.54) is 6.07 Å². The zero-order chi connectivity index (χ0) is 10.9. The van der Waals surface area contributed by atoms with Gasteiger partial charge in [0.05, 0.1) is 0 Å². The van der Waals surface area contributed by atoms with Crippen molar-refractivity contribution >= 4 is 22.6 Å². The predicted molar refractivity (Wildman–Crippen MR) is 59.8 cm³/mol. The Labute approximate surface area is 95.6 Å². The molecule has 0 heterocycles. The largest absolute Gasteiger partial charge is 0.474 e. The molecule has 0 aliphatic carbocycles. The van der Waals surface area contributed by atoms with E-state index in [-0.39, 0.29) is 5.75 Å². The van der Waals surface area contributed by atoms with Crippen LogP contribution < -0.4 is 4.74 Å². The Kier molecular flexibility index (Phi) is 3.34. The summed E-state index contributed by atoms with van der Waals surface area (Å²) in [4.78, 5) is 0. The van der Waals surface area contributed by atoms with Gasteiger partial charge in [0.2, 0.25) is 5.82 Å². The van der Waals surface area contributed by atoms with Crippen molar-refractivity contribution in [2.45, 2.75) is 24.4 Å². The molecule has 0 saturated carbocycles. The number of hydrogen-bond donors (Lipinski definition) is 0. The minimum absolute atomic E-state index is 0.00981. The molecule has 0 aliphatic heterocycles. The van der Waals surface area contributed by atoms with Gasteiger partial charge in [-0.1, -0.05) is 6.07 Å². The fourth-order valence-corrected chi connectivity index (χ4v) is 1.22. The topological polar surface area (TPSA) is 9.23 Å². The average Bonchev–Trinajstić information content (AvgIpc) is 2.04. The Balaban J connectivity index is 3.13. The molecule has 0 bridgehead atoms. The smallest absolute Gasteiger partial charge is 0.200 e. The number of aryl methyl sites for hydroxylation is 1. The Hall–Kier alpha value is -0.390. The number of alkyl halides is 1. The molecule has 78 valence electrons. The summed E-state index contributed by atoms with van der Waals surface area (Å²) in [5.41, 5.74) is 0.591. The maximum Gasteiger partial charge on any atom is 0.200 e. The number of rotatable bonds is 2. The number of ether oxygens (including phenoxy) is 1. The highest BCUT2D eigenvalue weighted by atomic mass is 127. The highest BCUT2D eigenvalue weighted by Gasteiger charge is 2.20. The monoisotopic (exact) mass is 312 g/mol. The minimum Gasteiger partial charge on any atom is -0.474 e. The molecule has 0 aliphatic rings. The lowest BCUT2D eigenvalue weighted by Crippen LogP contribution is -2.20. The lowest BCUT2D eigenvalue weighted by Gasteiger charge is -2.21. The van der Waals surface area contributed by atoms with E-state index in [1.807, 2.05) is 22.6 Å². The van der Waals surface area contributed by atoms with Crippen LogP contribution >= 0.6 is 22.6 Å². The van der Waals surface area contributed by atoms with Crippen molar-refractivity contribution in [3.05, 3.63) is 29.3 Å². The second-order valence-corrected chi connectivity index (χ2v) is 6.07. The number of hydrogen-bond acceptors (Lipinski definition) is 1. The molecule has 1 aromatic rings. The van der Waals surface area contributed by atoms with Crippen molar-refractivity contribution in [3.63, 3.8) is 0 Å². The second-order valence-electron chi connectivity index (χ2n) is 3.47. The average molecular weight is 312 g/mol. The summed E-state index contributed by atoms with van der Waals surface area (Å²) in [7, 11) is 0. The molecular weight excluding hydrogens is 301 g/mol. The van der Waals surface area contributed by atoms with Crippen LogP contribution in [0.2, 0.25) is 0 Å². The van der Waals surface area contributed by atoms with E-state index >= 15 is 0 Å². The maximum atomic E-state index is 13.3. The third-order valence-corrected chi connectivity index (χ3v) is 1.81. The van der Waals surface area contributed by atoms with Gasteiger partial charge in [0, 0.05) is 0 Å². The van der Waals surface area contributed by atoms with Crippen molar-refractivity contribution in [3.8, 4) is 5.75 Å². The van der Waals surface area contributed by atoms with E-state index in [2.05, 4.69) is 0 Å². The first-order valence-corrected chi connectivity index (χ1v) is 5.21. The van der Waals surface area contributed by atoms with E-state index in [4.69, 9.17) is 4.74 Å². The second kappa shape index (κ2) is 4.00. The van der Waals surface area contributed by atoms with Crippen molar-refractivity contribution in [2.24, 2.45) is 0 Å². The predicted octanol–water partition coefficient (Wildman–Crippen LogP) is 3.82. The molecule has 1 rings (SSSR count). The molecule has 0 saturated heterocycles. The summed E-state index contributed by atoms with van der Waals surface area (Å²) in [6.45, 7) is 5.23. The Morgan fingerprint density at radius 1 is 1.29 bits per heavy atom. The molecule has 0 atom stereocenters. The first-order valence-electron chi connectivity index (χ1n) is 4.14. The SMILES string of the molecule is Cc1ccc(F)c(F)c1OC(C)(C)I. The standard InChI is InChI=1S/C10H11F2IO/c1-6-4-5-7(11)8(12)9(6)14-10(2,3)13/h4-5H,1-3H3. The molecule has 4 heteroatoms. The lowest BCUT2D eigenvalue weighted by atomic mass is 10.2. The maximum absolute atomic E-state index is 13.3. The van der Waals surface area contributed by atoms with Crippen molar-refractivity contribution in [1.29, 1.82) is 0 Å². The minimum atomic E-state index is -0.922. The first-order chi connectivity index (χ1) is 6.31. The third kappa shape index (κ3) is 2.80. The highest BCUT2D eigenvalue weighted by molar-refractivity contribution is 14.1. The first kappa shape index (κ1) is 11.7. The molecular formula is C10H11F2IO. The molecule has 1 aromatic carbocycles. The summed E-state index contributed by atoms with van der Waals surface area (Å²) in [5.74, 6) is -1.81. The summed E-state index contributed by atoms with van der Waals surface area (Å²) in [6.07, 6.45) is 0. The number of halogens is 3. The van der Waals surface area contributed by atoms with Crippen LogP contribution in [0.3, 0.4) is 0 Å². The molecule has 0 fully saturated rings. The van der Waals surface area contributed by atoms with Crippen LogP contribution in [0, 0.1) is 18.6 Å². The summed E-state index contributed by atoms with van der Waals surface area (Å²) >= 11 is 2.01. The van der Waals surface area contributed by atoms with E-state index in [9.17, 15) is 8.78 Å². The third-order valence-electron chi connectivity index (χ3n) is 1.59. The molecule has 14 heavy (non-hydrogen) atoms. The summed E-state index contributed by atoms with van der Waals surface area (Å²) in [6, 6.07) is 2.59. The molecule has 0 unspecified atom stereocenters. The molecule has 0 radical (unpaired) electrons. The van der Waals surface area contributed by atoms with Gasteiger partial charge < -0.3 is 4.74 Å². The van der Waals surface area contributed by atoms with Gasteiger partial charge in [0.1, 0.15) is 0 Å².